The third-order valence-corrected chi connectivity index (χ3v) is 5.90. The molecule has 4 rings (SSSR count). The number of nitrogens with zero attached hydrogens (tertiary/aromatic N) is 4. The molecule has 8 heteroatoms. The number of benzene rings is 1. The van der Waals surface area contributed by atoms with Gasteiger partial charge in [-0.2, -0.15) is 4.98 Å². The highest BCUT2D eigenvalue weighted by Gasteiger charge is 2.39. The Hall–Kier alpha value is -3.16. The Bertz CT molecular complexity index is 971. The number of carboxylic acid groups (broad SMARTS) is 1. The number of rotatable bonds is 4. The highest BCUT2D eigenvalue weighted by molar-refractivity contribution is 6.04. The molecule has 0 spiro atoms. The van der Waals surface area contributed by atoms with Gasteiger partial charge in [-0.3, -0.25) is 4.79 Å². The standard InChI is InChI=1S/C21H25N5O3/c1-12-10-14(20(28)29)8-9-16(12)23-21-22-11-17-18(24-21)26(15-6-4-5-7-15)13(2)19(27)25(17)3/h8-11,13,15H,4-7H2,1-3H3,(H,28,29)(H,22,23,24)/t13-/m1/s1. The van der Waals surface area contributed by atoms with Gasteiger partial charge in [-0.15, -0.1) is 0 Å². The molecule has 0 radical (unpaired) electrons. The number of hydrogen-bond acceptors (Lipinski definition) is 6. The van der Waals surface area contributed by atoms with Crippen molar-refractivity contribution in [3.63, 3.8) is 0 Å². The summed E-state index contributed by atoms with van der Waals surface area (Å²) in [5.41, 5.74) is 2.49. The highest BCUT2D eigenvalue weighted by atomic mass is 16.4. The lowest BCUT2D eigenvalue weighted by molar-refractivity contribution is -0.119. The Morgan fingerprint density at radius 1 is 1.28 bits per heavy atom. The maximum Gasteiger partial charge on any atom is 0.335 e. The van der Waals surface area contributed by atoms with Crippen LogP contribution in [0.3, 0.4) is 0 Å². The first-order chi connectivity index (χ1) is 13.9. The monoisotopic (exact) mass is 395 g/mol. The van der Waals surface area contributed by atoms with E-state index in [1.807, 2.05) is 13.8 Å². The number of hydrogen-bond donors (Lipinski definition) is 2. The number of fused-ring (bicyclic) bond motifs is 1. The van der Waals surface area contributed by atoms with Crippen LogP contribution in [-0.4, -0.2) is 46.1 Å². The molecule has 1 aliphatic carbocycles. The molecular weight excluding hydrogens is 370 g/mol. The quantitative estimate of drug-likeness (QED) is 0.819. The zero-order valence-electron chi connectivity index (χ0n) is 16.8. The lowest BCUT2D eigenvalue weighted by Crippen LogP contribution is -2.54. The fourth-order valence-corrected chi connectivity index (χ4v) is 4.28. The van der Waals surface area contributed by atoms with Crippen LogP contribution in [0.5, 0.6) is 0 Å². The van der Waals surface area contributed by atoms with Gasteiger partial charge in [-0.1, -0.05) is 12.8 Å². The van der Waals surface area contributed by atoms with E-state index in [4.69, 9.17) is 10.1 Å². The Balaban J connectivity index is 1.69. The minimum Gasteiger partial charge on any atom is -0.478 e. The van der Waals surface area contributed by atoms with Crippen LogP contribution in [0.4, 0.5) is 23.1 Å². The van der Waals surface area contributed by atoms with Crippen LogP contribution in [0.15, 0.2) is 24.4 Å². The highest BCUT2D eigenvalue weighted by Crippen LogP contribution is 2.39. The van der Waals surface area contributed by atoms with Crippen molar-refractivity contribution in [3.05, 3.63) is 35.5 Å². The van der Waals surface area contributed by atoms with Crippen molar-refractivity contribution in [1.29, 1.82) is 0 Å². The van der Waals surface area contributed by atoms with Crippen molar-refractivity contribution in [1.82, 2.24) is 9.97 Å². The number of amides is 1. The second-order valence-corrected chi connectivity index (χ2v) is 7.78. The largest absolute Gasteiger partial charge is 0.478 e. The third-order valence-electron chi connectivity index (χ3n) is 5.90. The summed E-state index contributed by atoms with van der Waals surface area (Å²) in [7, 11) is 1.76. The maximum atomic E-state index is 12.7. The Morgan fingerprint density at radius 3 is 2.66 bits per heavy atom. The maximum absolute atomic E-state index is 12.7. The van der Waals surface area contributed by atoms with Crippen LogP contribution in [0.1, 0.15) is 48.5 Å². The number of likely N-dealkylation sites (N-methyl/N-ethyl adjacent to an activating group) is 1. The summed E-state index contributed by atoms with van der Waals surface area (Å²) in [5.74, 6) is 0.282. The summed E-state index contributed by atoms with van der Waals surface area (Å²) >= 11 is 0. The Morgan fingerprint density at radius 2 is 2.00 bits per heavy atom. The van der Waals surface area contributed by atoms with Gasteiger partial charge in [0.25, 0.3) is 0 Å². The zero-order valence-corrected chi connectivity index (χ0v) is 16.8. The summed E-state index contributed by atoms with van der Waals surface area (Å²) < 4.78 is 0. The zero-order chi connectivity index (χ0) is 20.7. The fourth-order valence-electron chi connectivity index (χ4n) is 4.28. The topological polar surface area (TPSA) is 98.7 Å². The molecule has 0 bridgehead atoms. The van der Waals surface area contributed by atoms with Crippen molar-refractivity contribution in [2.24, 2.45) is 0 Å². The minimum absolute atomic E-state index is 0.0498. The Kier molecular flexibility index (Phi) is 4.86. The van der Waals surface area contributed by atoms with E-state index in [0.29, 0.717) is 17.7 Å². The SMILES string of the molecule is Cc1cc(C(=O)O)ccc1Nc1ncc2c(n1)N(C1CCCC1)[C@H](C)C(=O)N2C. The second-order valence-electron chi connectivity index (χ2n) is 7.78. The number of nitrogens with one attached hydrogen (secondary N) is 1. The number of aromatic nitrogens is 2. The van der Waals surface area contributed by atoms with Gasteiger partial charge in [0, 0.05) is 18.8 Å². The molecule has 152 valence electrons. The summed E-state index contributed by atoms with van der Waals surface area (Å²) in [5, 5.41) is 12.3. The molecule has 2 heterocycles. The molecular formula is C21H25N5O3. The molecule has 1 aromatic carbocycles. The molecule has 0 saturated heterocycles. The van der Waals surface area contributed by atoms with Gasteiger partial charge in [-0.25, -0.2) is 9.78 Å². The average Bonchev–Trinajstić information content (AvgIpc) is 3.22. The van der Waals surface area contributed by atoms with Crippen molar-refractivity contribution < 1.29 is 14.7 Å². The first kappa shape index (κ1) is 19.2. The summed E-state index contributed by atoms with van der Waals surface area (Å²) in [6, 6.07) is 4.92. The van der Waals surface area contributed by atoms with Crippen LogP contribution < -0.4 is 15.1 Å². The molecule has 1 aliphatic heterocycles. The first-order valence-electron chi connectivity index (χ1n) is 9.90. The number of carboxylic acids is 1. The molecule has 0 unspecified atom stereocenters. The van der Waals surface area contributed by atoms with Crippen LogP contribution in [0, 0.1) is 6.92 Å². The van der Waals surface area contributed by atoms with E-state index in [1.165, 1.54) is 12.8 Å². The summed E-state index contributed by atoms with van der Waals surface area (Å²) in [4.78, 5) is 36.8. The van der Waals surface area contributed by atoms with Crippen LogP contribution in [0.2, 0.25) is 0 Å². The van der Waals surface area contributed by atoms with Crippen molar-refractivity contribution in [3.8, 4) is 0 Å². The van der Waals surface area contributed by atoms with E-state index in [-0.39, 0.29) is 17.5 Å². The number of carbonyl (C=O) groups is 2. The van der Waals surface area contributed by atoms with E-state index in [9.17, 15) is 9.59 Å². The van der Waals surface area contributed by atoms with Gasteiger partial charge in [0.1, 0.15) is 11.7 Å². The molecule has 1 amide bonds. The normalized spacial score (nSPS) is 19.4. The predicted octanol–water partition coefficient (Wildman–Crippen LogP) is 3.34. The van der Waals surface area contributed by atoms with Crippen LogP contribution in [0.25, 0.3) is 0 Å². The molecule has 29 heavy (non-hydrogen) atoms. The molecule has 8 nitrogen and oxygen atoms in total. The molecule has 1 fully saturated rings. The smallest absolute Gasteiger partial charge is 0.335 e. The van der Waals surface area contributed by atoms with Gasteiger partial charge < -0.3 is 20.2 Å². The van der Waals surface area contributed by atoms with Gasteiger partial charge in [0.15, 0.2) is 5.82 Å². The van der Waals surface area contributed by atoms with Gasteiger partial charge >= 0.3 is 5.97 Å². The predicted molar refractivity (Wildman–Crippen MR) is 111 cm³/mol. The Labute approximate surface area is 169 Å². The number of aromatic carboxylic acids is 1. The van der Waals surface area contributed by atoms with Crippen LogP contribution >= 0.6 is 0 Å². The third kappa shape index (κ3) is 3.39. The molecule has 2 aliphatic rings. The van der Waals surface area contributed by atoms with E-state index in [2.05, 4.69) is 15.2 Å². The van der Waals surface area contributed by atoms with Gasteiger partial charge in [-0.05, 0) is 50.5 Å². The summed E-state index contributed by atoms with van der Waals surface area (Å²) in [6.07, 6.45) is 6.13. The number of aryl methyl sites for hydroxylation is 1. The van der Waals surface area contributed by atoms with E-state index >= 15 is 0 Å². The lowest BCUT2D eigenvalue weighted by Gasteiger charge is -2.42. The van der Waals surface area contributed by atoms with E-state index in [0.717, 1.165) is 29.9 Å². The molecule has 1 atom stereocenters. The average molecular weight is 395 g/mol. The summed E-state index contributed by atoms with van der Waals surface area (Å²) in [6.45, 7) is 3.77. The second kappa shape index (κ2) is 7.35. The minimum atomic E-state index is -0.960. The van der Waals surface area contributed by atoms with E-state index in [1.54, 1.807) is 36.3 Å². The van der Waals surface area contributed by atoms with Crippen molar-refractivity contribution in [2.45, 2.75) is 51.6 Å². The van der Waals surface area contributed by atoms with Gasteiger partial charge in [0.2, 0.25) is 11.9 Å². The molecule has 2 aromatic rings. The molecule has 1 saturated carbocycles. The number of carbonyl (C=O) groups excluding carboxylic acids is 1. The first-order valence-corrected chi connectivity index (χ1v) is 9.90. The lowest BCUT2D eigenvalue weighted by atomic mass is 10.1. The van der Waals surface area contributed by atoms with Crippen LogP contribution in [-0.2, 0) is 4.79 Å². The van der Waals surface area contributed by atoms with Crippen molar-refractivity contribution in [2.75, 3.05) is 22.2 Å². The fraction of sp³-hybridized carbons (Fsp3) is 0.429. The van der Waals surface area contributed by atoms with Gasteiger partial charge in [0.05, 0.1) is 11.8 Å². The molecule has 1 aromatic heterocycles. The van der Waals surface area contributed by atoms with E-state index < -0.39 is 5.97 Å². The number of anilines is 4. The van der Waals surface area contributed by atoms with Crippen molar-refractivity contribution >= 4 is 35.0 Å². The molecule has 2 N–H and O–H groups in total.